The molecule has 0 fully saturated rings. The van der Waals surface area contributed by atoms with Gasteiger partial charge in [-0.3, -0.25) is 4.79 Å². The predicted molar refractivity (Wildman–Crippen MR) is 91.4 cm³/mol. The van der Waals surface area contributed by atoms with Crippen molar-refractivity contribution in [1.82, 2.24) is 4.57 Å². The molecule has 122 valence electrons. The number of benzene rings is 2. The molecule has 0 amide bonds. The van der Waals surface area contributed by atoms with Crippen molar-refractivity contribution in [1.29, 1.82) is 0 Å². The molecule has 0 saturated carbocycles. The Labute approximate surface area is 139 Å². The largest absolute Gasteiger partial charge is 0.497 e. The lowest BCUT2D eigenvalue weighted by atomic mass is 9.95. The van der Waals surface area contributed by atoms with Crippen LogP contribution in [0.1, 0.15) is 40.9 Å². The fourth-order valence-corrected chi connectivity index (χ4v) is 3.68. The van der Waals surface area contributed by atoms with Crippen LogP contribution in [0.2, 0.25) is 0 Å². The molecule has 0 N–H and O–H groups in total. The molecule has 3 aromatic rings. The molecule has 3 nitrogen and oxygen atoms in total. The zero-order valence-corrected chi connectivity index (χ0v) is 13.7. The van der Waals surface area contributed by atoms with Crippen molar-refractivity contribution in [2.24, 2.45) is 0 Å². The van der Waals surface area contributed by atoms with E-state index < -0.39 is 0 Å². The molecule has 0 unspecified atom stereocenters. The number of ether oxygens (including phenoxy) is 1. The van der Waals surface area contributed by atoms with Crippen LogP contribution in [0.5, 0.6) is 5.75 Å². The lowest BCUT2D eigenvalue weighted by Gasteiger charge is -2.08. The molecule has 0 bridgehead atoms. The van der Waals surface area contributed by atoms with Crippen LogP contribution < -0.4 is 4.74 Å². The maximum atomic E-state index is 13.8. The van der Waals surface area contributed by atoms with E-state index in [0.29, 0.717) is 22.3 Å². The van der Waals surface area contributed by atoms with E-state index in [1.807, 2.05) is 0 Å². The number of ketones is 1. The second-order valence-electron chi connectivity index (χ2n) is 6.32. The van der Waals surface area contributed by atoms with E-state index in [1.165, 1.54) is 12.1 Å². The highest BCUT2D eigenvalue weighted by molar-refractivity contribution is 6.17. The van der Waals surface area contributed by atoms with Crippen LogP contribution in [0.15, 0.2) is 42.5 Å². The van der Waals surface area contributed by atoms with E-state index in [4.69, 9.17) is 4.74 Å². The first-order chi connectivity index (χ1) is 11.6. The molecule has 2 heterocycles. The molecule has 0 saturated heterocycles. The Morgan fingerprint density at radius 2 is 1.96 bits per heavy atom. The molecule has 0 spiro atoms. The van der Waals surface area contributed by atoms with Crippen molar-refractivity contribution < 1.29 is 13.9 Å². The average molecular weight is 323 g/mol. The molecule has 0 radical (unpaired) electrons. The number of halogens is 1. The second-order valence-corrected chi connectivity index (χ2v) is 6.32. The van der Waals surface area contributed by atoms with Gasteiger partial charge in [0.2, 0.25) is 0 Å². The molecular formula is C20H18FNO2. The molecule has 2 aromatic carbocycles. The molecular weight excluding hydrogens is 305 g/mol. The number of carbonyl (C=O) groups is 1. The zero-order valence-electron chi connectivity index (χ0n) is 13.7. The summed E-state index contributed by atoms with van der Waals surface area (Å²) in [5, 5.41) is 0.706. The number of rotatable bonds is 3. The number of nitrogens with zero attached hydrogens (tertiary/aromatic N) is 1. The Kier molecular flexibility index (Phi) is 3.41. The number of hydrogen-bond acceptors (Lipinski definition) is 2. The number of methoxy groups -OCH3 is 1. The Morgan fingerprint density at radius 1 is 1.21 bits per heavy atom. The third-order valence-corrected chi connectivity index (χ3v) is 4.90. The number of fused-ring (bicyclic) bond motifs is 3. The summed E-state index contributed by atoms with van der Waals surface area (Å²) < 4.78 is 21.1. The molecule has 1 aliphatic rings. The van der Waals surface area contributed by atoms with Gasteiger partial charge in [-0.05, 0) is 54.8 Å². The summed E-state index contributed by atoms with van der Waals surface area (Å²) in [5.41, 5.74) is 3.19. The standard InChI is InChI=1S/C20H18FNO2/c1-12-9-10-22-17-8-5-14(21)11-16(17)18(19(12)22)20(23)13-3-6-15(24-2)7-4-13/h3-8,11-12H,9-10H2,1-2H3/t12-/m1/s1. The van der Waals surface area contributed by atoms with E-state index >= 15 is 0 Å². The Hall–Kier alpha value is -2.62. The first-order valence-corrected chi connectivity index (χ1v) is 8.10. The van der Waals surface area contributed by atoms with Crippen molar-refractivity contribution in [2.45, 2.75) is 25.8 Å². The summed E-state index contributed by atoms with van der Waals surface area (Å²) in [6, 6.07) is 11.8. The monoisotopic (exact) mass is 323 g/mol. The van der Waals surface area contributed by atoms with Crippen LogP contribution in [0.3, 0.4) is 0 Å². The zero-order chi connectivity index (χ0) is 16.8. The minimum absolute atomic E-state index is 0.0595. The Balaban J connectivity index is 1.93. The minimum atomic E-state index is -0.316. The topological polar surface area (TPSA) is 31.2 Å². The highest BCUT2D eigenvalue weighted by atomic mass is 19.1. The predicted octanol–water partition coefficient (Wildman–Crippen LogP) is 4.53. The summed E-state index contributed by atoms with van der Waals surface area (Å²) in [6.45, 7) is 2.99. The van der Waals surface area contributed by atoms with Gasteiger partial charge in [0.05, 0.1) is 12.7 Å². The van der Waals surface area contributed by atoms with Gasteiger partial charge < -0.3 is 9.30 Å². The molecule has 1 aromatic heterocycles. The first-order valence-electron chi connectivity index (χ1n) is 8.10. The number of aromatic nitrogens is 1. The minimum Gasteiger partial charge on any atom is -0.497 e. The van der Waals surface area contributed by atoms with E-state index in [1.54, 1.807) is 37.4 Å². The van der Waals surface area contributed by atoms with Crippen LogP contribution in [0.4, 0.5) is 4.39 Å². The lowest BCUT2D eigenvalue weighted by Crippen LogP contribution is -2.05. The number of hydrogen-bond donors (Lipinski definition) is 0. The van der Waals surface area contributed by atoms with Crippen LogP contribution in [0.25, 0.3) is 10.9 Å². The Bertz CT molecular complexity index is 940. The van der Waals surface area contributed by atoms with Gasteiger partial charge in [-0.2, -0.15) is 0 Å². The number of aryl methyl sites for hydroxylation is 1. The molecule has 0 aliphatic carbocycles. The van der Waals surface area contributed by atoms with Gasteiger partial charge in [0, 0.05) is 28.7 Å². The van der Waals surface area contributed by atoms with Gasteiger partial charge in [0.1, 0.15) is 11.6 Å². The van der Waals surface area contributed by atoms with Gasteiger partial charge in [-0.1, -0.05) is 6.92 Å². The van der Waals surface area contributed by atoms with Crippen molar-refractivity contribution in [3.63, 3.8) is 0 Å². The van der Waals surface area contributed by atoms with E-state index in [9.17, 15) is 9.18 Å². The van der Waals surface area contributed by atoms with Crippen molar-refractivity contribution >= 4 is 16.7 Å². The van der Waals surface area contributed by atoms with Crippen LogP contribution in [-0.4, -0.2) is 17.5 Å². The molecule has 4 heteroatoms. The van der Waals surface area contributed by atoms with Crippen molar-refractivity contribution in [2.75, 3.05) is 7.11 Å². The number of carbonyl (C=O) groups excluding carboxylic acids is 1. The third kappa shape index (κ3) is 2.13. The van der Waals surface area contributed by atoms with Crippen molar-refractivity contribution in [3.8, 4) is 5.75 Å². The third-order valence-electron chi connectivity index (χ3n) is 4.90. The quantitative estimate of drug-likeness (QED) is 0.663. The lowest BCUT2D eigenvalue weighted by molar-refractivity contribution is 0.103. The fourth-order valence-electron chi connectivity index (χ4n) is 3.68. The summed E-state index contributed by atoms with van der Waals surface area (Å²) >= 11 is 0. The van der Waals surface area contributed by atoms with Crippen molar-refractivity contribution in [3.05, 3.63) is 65.1 Å². The van der Waals surface area contributed by atoms with Crippen LogP contribution in [-0.2, 0) is 6.54 Å². The summed E-state index contributed by atoms with van der Waals surface area (Å²) in [4.78, 5) is 13.2. The highest BCUT2D eigenvalue weighted by Crippen LogP contribution is 2.39. The maximum Gasteiger partial charge on any atom is 0.195 e. The second kappa shape index (κ2) is 5.48. The van der Waals surface area contributed by atoms with Gasteiger partial charge >= 0.3 is 0 Å². The molecule has 1 atom stereocenters. The Morgan fingerprint density at radius 3 is 2.67 bits per heavy atom. The smallest absolute Gasteiger partial charge is 0.195 e. The summed E-state index contributed by atoms with van der Waals surface area (Å²) in [6.07, 6.45) is 1.01. The van der Waals surface area contributed by atoms with E-state index in [-0.39, 0.29) is 17.5 Å². The first kappa shape index (κ1) is 14.9. The normalized spacial score (nSPS) is 16.4. The fraction of sp³-hybridized carbons (Fsp3) is 0.250. The van der Waals surface area contributed by atoms with Gasteiger partial charge in [-0.15, -0.1) is 0 Å². The molecule has 4 rings (SSSR count). The average Bonchev–Trinajstić information content (AvgIpc) is 3.12. The van der Waals surface area contributed by atoms with E-state index in [2.05, 4.69) is 11.5 Å². The van der Waals surface area contributed by atoms with Crippen LogP contribution in [0, 0.1) is 5.82 Å². The van der Waals surface area contributed by atoms with Gasteiger partial charge in [0.25, 0.3) is 0 Å². The molecule has 24 heavy (non-hydrogen) atoms. The molecule has 1 aliphatic heterocycles. The van der Waals surface area contributed by atoms with Gasteiger partial charge in [-0.25, -0.2) is 4.39 Å². The van der Waals surface area contributed by atoms with Gasteiger partial charge in [0.15, 0.2) is 5.78 Å². The SMILES string of the molecule is COc1ccc(C(=O)c2c3n(c4ccc(F)cc24)CC[C@H]3C)cc1. The summed E-state index contributed by atoms with van der Waals surface area (Å²) in [7, 11) is 1.59. The highest BCUT2D eigenvalue weighted by Gasteiger charge is 2.30. The van der Waals surface area contributed by atoms with Crippen LogP contribution >= 0.6 is 0 Å². The van der Waals surface area contributed by atoms with E-state index in [0.717, 1.165) is 24.2 Å². The summed E-state index contributed by atoms with van der Waals surface area (Å²) in [5.74, 6) is 0.620. The maximum absolute atomic E-state index is 13.8.